The molecule has 15 heavy (non-hydrogen) atoms. The molecule has 0 saturated carbocycles. The van der Waals surface area contributed by atoms with E-state index in [2.05, 4.69) is 5.92 Å². The summed E-state index contributed by atoms with van der Waals surface area (Å²) in [7, 11) is 0. The van der Waals surface area contributed by atoms with Crippen molar-refractivity contribution in [3.63, 3.8) is 0 Å². The molecule has 4 nitrogen and oxygen atoms in total. The Morgan fingerprint density at radius 1 is 1.27 bits per heavy atom. The molecule has 1 aromatic rings. The third kappa shape index (κ3) is 3.96. The minimum atomic E-state index is -1.24. The lowest BCUT2D eigenvalue weighted by Gasteiger charge is -1.99. The zero-order valence-electron chi connectivity index (χ0n) is 7.77. The lowest BCUT2D eigenvalue weighted by molar-refractivity contribution is -0.130. The molecule has 0 aliphatic heterocycles. The fourth-order valence-corrected chi connectivity index (χ4v) is 0.871. The number of carboxylic acids is 1. The molecule has 0 spiro atoms. The Morgan fingerprint density at radius 3 is 2.53 bits per heavy atom. The van der Waals surface area contributed by atoms with E-state index in [1.807, 2.05) is 5.92 Å². The van der Waals surface area contributed by atoms with Crippen LogP contribution >= 0.6 is 0 Å². The van der Waals surface area contributed by atoms with E-state index in [0.717, 1.165) is 0 Å². The van der Waals surface area contributed by atoms with Crippen LogP contribution in [0.1, 0.15) is 10.4 Å². The normalized spacial score (nSPS) is 8.53. The van der Waals surface area contributed by atoms with Crippen LogP contribution in [0.4, 0.5) is 0 Å². The minimum Gasteiger partial charge on any atom is -0.472 e. The molecule has 76 valence electrons. The van der Waals surface area contributed by atoms with Crippen molar-refractivity contribution in [2.24, 2.45) is 0 Å². The maximum atomic E-state index is 11.3. The molecule has 0 aromatic heterocycles. The van der Waals surface area contributed by atoms with Crippen LogP contribution < -0.4 is 0 Å². The predicted molar refractivity (Wildman–Crippen MR) is 52.1 cm³/mol. The number of hydrogen-bond donors (Lipinski definition) is 1. The van der Waals surface area contributed by atoms with Crippen molar-refractivity contribution in [3.05, 3.63) is 35.9 Å². The Kier molecular flexibility index (Phi) is 3.92. The van der Waals surface area contributed by atoms with Crippen molar-refractivity contribution in [1.29, 1.82) is 0 Å². The molecule has 0 saturated heterocycles. The maximum absolute atomic E-state index is 11.3. The summed E-state index contributed by atoms with van der Waals surface area (Å²) in [5.41, 5.74) is 0.412. The van der Waals surface area contributed by atoms with E-state index >= 15 is 0 Å². The largest absolute Gasteiger partial charge is 0.472 e. The minimum absolute atomic E-state index is 0.222. The fraction of sp³-hybridized carbons (Fsp3) is 0.0909. The number of esters is 1. The monoisotopic (exact) mass is 204 g/mol. The Hall–Kier alpha value is -2.28. The van der Waals surface area contributed by atoms with E-state index in [1.54, 1.807) is 30.3 Å². The number of hydrogen-bond acceptors (Lipinski definition) is 3. The van der Waals surface area contributed by atoms with Crippen LogP contribution in [-0.4, -0.2) is 23.7 Å². The fourth-order valence-electron chi connectivity index (χ4n) is 0.871. The van der Waals surface area contributed by atoms with Crippen molar-refractivity contribution in [2.45, 2.75) is 0 Å². The molecule has 0 bridgehead atoms. The van der Waals surface area contributed by atoms with E-state index in [4.69, 9.17) is 9.84 Å². The van der Waals surface area contributed by atoms with Crippen LogP contribution in [0.25, 0.3) is 0 Å². The summed E-state index contributed by atoms with van der Waals surface area (Å²) < 4.78 is 4.70. The highest BCUT2D eigenvalue weighted by Gasteiger charge is 2.03. The average Bonchev–Trinajstić information content (AvgIpc) is 2.25. The first-order valence-corrected chi connectivity index (χ1v) is 4.14. The van der Waals surface area contributed by atoms with Crippen LogP contribution in [0.3, 0.4) is 0 Å². The number of carboxylic acid groups (broad SMARTS) is 1. The highest BCUT2D eigenvalue weighted by Crippen LogP contribution is 2.00. The van der Waals surface area contributed by atoms with E-state index in [0.29, 0.717) is 5.56 Å². The van der Waals surface area contributed by atoms with Gasteiger partial charge in [0.25, 0.3) is 0 Å². The van der Waals surface area contributed by atoms with Gasteiger partial charge in [0.1, 0.15) is 0 Å². The highest BCUT2D eigenvalue weighted by atomic mass is 16.5. The molecular formula is C11H8O4. The van der Waals surface area contributed by atoms with Crippen molar-refractivity contribution in [1.82, 2.24) is 0 Å². The van der Waals surface area contributed by atoms with Gasteiger partial charge in [-0.25, -0.2) is 9.59 Å². The van der Waals surface area contributed by atoms with E-state index in [9.17, 15) is 9.59 Å². The molecule has 4 heteroatoms. The van der Waals surface area contributed by atoms with Crippen LogP contribution in [0, 0.1) is 11.8 Å². The topological polar surface area (TPSA) is 63.6 Å². The Morgan fingerprint density at radius 2 is 1.93 bits per heavy atom. The zero-order valence-corrected chi connectivity index (χ0v) is 7.77. The number of carbonyl (C=O) groups is 2. The van der Waals surface area contributed by atoms with Crippen molar-refractivity contribution in [2.75, 3.05) is 6.61 Å². The summed E-state index contributed by atoms with van der Waals surface area (Å²) in [4.78, 5) is 21.3. The third-order valence-corrected chi connectivity index (χ3v) is 1.48. The maximum Gasteiger partial charge on any atom is 0.382 e. The molecule has 0 atom stereocenters. The highest BCUT2D eigenvalue weighted by molar-refractivity contribution is 5.89. The van der Waals surface area contributed by atoms with Gasteiger partial charge in [0.05, 0.1) is 5.56 Å². The first-order valence-electron chi connectivity index (χ1n) is 4.14. The SMILES string of the molecule is O=C(O)C#CCOC(=O)c1ccccc1. The van der Waals surface area contributed by atoms with Crippen molar-refractivity contribution >= 4 is 11.9 Å². The smallest absolute Gasteiger partial charge is 0.382 e. The summed E-state index contributed by atoms with van der Waals surface area (Å²) in [6.07, 6.45) is 0. The van der Waals surface area contributed by atoms with E-state index in [1.165, 1.54) is 0 Å². The summed E-state index contributed by atoms with van der Waals surface area (Å²) in [6.45, 7) is -0.222. The van der Waals surface area contributed by atoms with E-state index in [-0.39, 0.29) is 6.61 Å². The third-order valence-electron chi connectivity index (χ3n) is 1.48. The molecule has 0 amide bonds. The number of rotatable bonds is 2. The van der Waals surface area contributed by atoms with Crippen LogP contribution in [0.5, 0.6) is 0 Å². The Labute approximate surface area is 86.5 Å². The lowest BCUT2D eigenvalue weighted by atomic mass is 10.2. The lowest BCUT2D eigenvalue weighted by Crippen LogP contribution is -2.05. The quantitative estimate of drug-likeness (QED) is 0.575. The summed E-state index contributed by atoms with van der Waals surface area (Å²) in [6, 6.07) is 8.40. The van der Waals surface area contributed by atoms with Gasteiger partial charge in [-0.2, -0.15) is 0 Å². The number of benzene rings is 1. The molecule has 1 rings (SSSR count). The van der Waals surface area contributed by atoms with Crippen molar-refractivity contribution in [3.8, 4) is 11.8 Å². The Balaban J connectivity index is 2.45. The predicted octanol–water partition coefficient (Wildman–Crippen LogP) is 0.931. The average molecular weight is 204 g/mol. The van der Waals surface area contributed by atoms with Gasteiger partial charge in [-0.05, 0) is 18.1 Å². The number of carbonyl (C=O) groups excluding carboxylic acids is 1. The van der Waals surface area contributed by atoms with Gasteiger partial charge in [-0.3, -0.25) is 0 Å². The van der Waals surface area contributed by atoms with Gasteiger partial charge in [0, 0.05) is 5.92 Å². The number of aliphatic carboxylic acids is 1. The molecule has 1 N–H and O–H groups in total. The van der Waals surface area contributed by atoms with Crippen molar-refractivity contribution < 1.29 is 19.4 Å². The first-order chi connectivity index (χ1) is 7.20. The summed E-state index contributed by atoms with van der Waals surface area (Å²) in [5, 5.41) is 8.18. The van der Waals surface area contributed by atoms with Crippen LogP contribution in [0.2, 0.25) is 0 Å². The molecule has 1 aromatic carbocycles. The van der Waals surface area contributed by atoms with Gasteiger partial charge in [0.2, 0.25) is 0 Å². The van der Waals surface area contributed by atoms with Gasteiger partial charge in [-0.1, -0.05) is 18.2 Å². The number of ether oxygens (including phenoxy) is 1. The molecule has 0 aliphatic rings. The second-order valence-corrected chi connectivity index (χ2v) is 2.55. The van der Waals surface area contributed by atoms with E-state index < -0.39 is 11.9 Å². The molecule has 0 radical (unpaired) electrons. The molecule has 0 heterocycles. The zero-order chi connectivity index (χ0) is 11.1. The molecule has 0 fully saturated rings. The van der Waals surface area contributed by atoms with Gasteiger partial charge >= 0.3 is 11.9 Å². The Bertz CT molecular complexity index is 411. The second-order valence-electron chi connectivity index (χ2n) is 2.55. The molecular weight excluding hydrogens is 196 g/mol. The second kappa shape index (κ2) is 5.45. The standard InChI is InChI=1S/C11H8O4/c12-10(13)7-4-8-15-11(14)9-5-2-1-3-6-9/h1-3,5-6H,8H2,(H,12,13). The molecule has 0 aliphatic carbocycles. The first kappa shape index (κ1) is 10.8. The van der Waals surface area contributed by atoms with Gasteiger partial charge in [0.15, 0.2) is 6.61 Å². The van der Waals surface area contributed by atoms with Gasteiger partial charge < -0.3 is 9.84 Å². The summed E-state index contributed by atoms with van der Waals surface area (Å²) in [5.74, 6) is 2.27. The van der Waals surface area contributed by atoms with Crippen LogP contribution in [0.15, 0.2) is 30.3 Å². The summed E-state index contributed by atoms with van der Waals surface area (Å²) >= 11 is 0. The van der Waals surface area contributed by atoms with Crippen LogP contribution in [-0.2, 0) is 9.53 Å². The van der Waals surface area contributed by atoms with Gasteiger partial charge in [-0.15, -0.1) is 0 Å². The molecule has 0 unspecified atom stereocenters.